The zero-order valence-corrected chi connectivity index (χ0v) is 17.4. The molecule has 8 heteroatoms. The Bertz CT molecular complexity index is 1190. The van der Waals surface area contributed by atoms with E-state index in [9.17, 15) is 13.7 Å². The summed E-state index contributed by atoms with van der Waals surface area (Å²) in [6, 6.07) is 16.1. The molecule has 0 aliphatic rings. The third-order valence-corrected chi connectivity index (χ3v) is 6.54. The van der Waals surface area contributed by atoms with Gasteiger partial charge in [0.05, 0.1) is 4.90 Å². The Morgan fingerprint density at radius 2 is 1.71 bits per heavy atom. The van der Waals surface area contributed by atoms with E-state index in [1.807, 2.05) is 0 Å². The fourth-order valence-electron chi connectivity index (χ4n) is 2.58. The highest BCUT2D eigenvalue weighted by Crippen LogP contribution is 2.25. The van der Waals surface area contributed by atoms with Crippen LogP contribution in [-0.2, 0) is 16.4 Å². The van der Waals surface area contributed by atoms with Crippen molar-refractivity contribution in [2.24, 2.45) is 0 Å². The number of benzene rings is 2. The van der Waals surface area contributed by atoms with Crippen molar-refractivity contribution in [3.8, 4) is 6.07 Å². The lowest BCUT2D eigenvalue weighted by molar-refractivity contribution is 0.603. The van der Waals surface area contributed by atoms with Crippen molar-refractivity contribution in [1.82, 2.24) is 4.57 Å². The second kappa shape index (κ2) is 8.42. The minimum Gasteiger partial charge on any atom is -0.343 e. The summed E-state index contributed by atoms with van der Waals surface area (Å²) in [5, 5.41) is 10.9. The fourth-order valence-corrected chi connectivity index (χ4v) is 4.32. The molecule has 3 rings (SSSR count). The van der Waals surface area contributed by atoms with E-state index in [1.54, 1.807) is 47.2 Å². The van der Waals surface area contributed by atoms with E-state index in [0.717, 1.165) is 5.56 Å². The lowest BCUT2D eigenvalue weighted by atomic mass is 10.2. The van der Waals surface area contributed by atoms with Gasteiger partial charge in [-0.1, -0.05) is 40.9 Å². The zero-order chi connectivity index (χ0) is 20.3. The molecule has 0 spiro atoms. The molecule has 1 aromatic heterocycles. The van der Waals surface area contributed by atoms with Gasteiger partial charge in [0.1, 0.15) is 6.07 Å². The Morgan fingerprint density at radius 3 is 2.36 bits per heavy atom. The van der Waals surface area contributed by atoms with Crippen molar-refractivity contribution < 1.29 is 8.42 Å². The minimum absolute atomic E-state index is 0.00329. The van der Waals surface area contributed by atoms with Crippen LogP contribution >= 0.6 is 34.8 Å². The molecule has 142 valence electrons. The van der Waals surface area contributed by atoms with E-state index in [1.165, 1.54) is 30.3 Å². The van der Waals surface area contributed by atoms with Gasteiger partial charge in [0.2, 0.25) is 9.84 Å². The molecule has 3 aromatic rings. The van der Waals surface area contributed by atoms with Crippen molar-refractivity contribution >= 4 is 50.7 Å². The van der Waals surface area contributed by atoms with Gasteiger partial charge in [0.25, 0.3) is 0 Å². The van der Waals surface area contributed by atoms with Crippen LogP contribution in [0.15, 0.2) is 70.6 Å². The molecule has 0 atom stereocenters. The van der Waals surface area contributed by atoms with Crippen molar-refractivity contribution in [2.45, 2.75) is 11.4 Å². The van der Waals surface area contributed by atoms with Gasteiger partial charge in [-0.05, 0) is 60.2 Å². The highest BCUT2D eigenvalue weighted by atomic mass is 35.5. The maximum atomic E-state index is 12.8. The maximum Gasteiger partial charge on any atom is 0.216 e. The van der Waals surface area contributed by atoms with Gasteiger partial charge in [-0.15, -0.1) is 0 Å². The molecule has 0 radical (unpaired) electrons. The third-order valence-electron chi connectivity index (χ3n) is 4.02. The summed E-state index contributed by atoms with van der Waals surface area (Å²) in [5.41, 5.74) is 1.37. The van der Waals surface area contributed by atoms with Crippen LogP contribution in [0.3, 0.4) is 0 Å². The molecule has 0 aliphatic carbocycles. The van der Waals surface area contributed by atoms with Gasteiger partial charge in [-0.3, -0.25) is 0 Å². The summed E-state index contributed by atoms with van der Waals surface area (Å²) in [7, 11) is -3.96. The summed E-state index contributed by atoms with van der Waals surface area (Å²) in [5.74, 6) is 0. The number of hydrogen-bond acceptors (Lipinski definition) is 3. The highest BCUT2D eigenvalue weighted by molar-refractivity contribution is 7.95. The van der Waals surface area contributed by atoms with Gasteiger partial charge in [-0.25, -0.2) is 8.42 Å². The molecule has 0 amide bonds. The molecular weight excluding hydrogens is 439 g/mol. The van der Waals surface area contributed by atoms with Crippen LogP contribution in [0.5, 0.6) is 0 Å². The highest BCUT2D eigenvalue weighted by Gasteiger charge is 2.21. The molecule has 0 unspecified atom stereocenters. The number of sulfone groups is 1. The maximum absolute atomic E-state index is 12.8. The van der Waals surface area contributed by atoms with Crippen molar-refractivity contribution in [3.63, 3.8) is 0 Å². The predicted molar refractivity (Wildman–Crippen MR) is 112 cm³/mol. The van der Waals surface area contributed by atoms with Gasteiger partial charge in [-0.2, -0.15) is 5.26 Å². The van der Waals surface area contributed by atoms with Crippen LogP contribution in [0.2, 0.25) is 15.1 Å². The van der Waals surface area contributed by atoms with Crippen LogP contribution in [0.25, 0.3) is 6.08 Å². The Balaban J connectivity index is 1.97. The molecule has 0 N–H and O–H groups in total. The molecule has 1 heterocycles. The fraction of sp³-hybridized carbons (Fsp3) is 0.0500. The van der Waals surface area contributed by atoms with Crippen LogP contribution in [0.4, 0.5) is 0 Å². The van der Waals surface area contributed by atoms with E-state index >= 15 is 0 Å². The summed E-state index contributed by atoms with van der Waals surface area (Å²) in [6.07, 6.45) is 3.12. The summed E-state index contributed by atoms with van der Waals surface area (Å²) < 4.78 is 27.4. The largest absolute Gasteiger partial charge is 0.343 e. The lowest BCUT2D eigenvalue weighted by Gasteiger charge is -2.10. The first-order chi connectivity index (χ1) is 13.3. The number of halogens is 3. The van der Waals surface area contributed by atoms with Gasteiger partial charge in [0, 0.05) is 33.5 Å². The van der Waals surface area contributed by atoms with Crippen LogP contribution < -0.4 is 0 Å². The Labute approximate surface area is 178 Å². The summed E-state index contributed by atoms with van der Waals surface area (Å²) in [4.78, 5) is -0.361. The standard InChI is InChI=1S/C20H13Cl3N2O2S/c21-15-5-7-18(8-6-15)28(26,27)19(12-24)11-17-2-1-9-25(17)13-14-3-4-16(22)10-20(14)23/h1-11H,13H2/b19-11+. The normalized spacial score (nSPS) is 12.0. The second-order valence-electron chi connectivity index (χ2n) is 5.87. The monoisotopic (exact) mass is 450 g/mol. The molecule has 4 nitrogen and oxygen atoms in total. The first-order valence-corrected chi connectivity index (χ1v) is 10.6. The van der Waals surface area contributed by atoms with Crippen LogP contribution in [-0.4, -0.2) is 13.0 Å². The van der Waals surface area contributed by atoms with Gasteiger partial charge < -0.3 is 4.57 Å². The SMILES string of the molecule is N#C/C(=C\c1cccn1Cc1ccc(Cl)cc1Cl)S(=O)(=O)c1ccc(Cl)cc1. The number of aromatic nitrogens is 1. The van der Waals surface area contributed by atoms with E-state index in [0.29, 0.717) is 27.3 Å². The molecule has 0 saturated heterocycles. The van der Waals surface area contributed by atoms with Crippen LogP contribution in [0, 0.1) is 11.3 Å². The zero-order valence-electron chi connectivity index (χ0n) is 14.3. The molecule has 0 aliphatic heterocycles. The number of hydrogen-bond donors (Lipinski definition) is 0. The van der Waals surface area contributed by atoms with E-state index < -0.39 is 9.84 Å². The van der Waals surface area contributed by atoms with Gasteiger partial charge in [0.15, 0.2) is 4.91 Å². The molecule has 0 fully saturated rings. The molecule has 28 heavy (non-hydrogen) atoms. The Kier molecular flexibility index (Phi) is 6.17. The molecule has 2 aromatic carbocycles. The Hall–Kier alpha value is -2.23. The number of rotatable bonds is 5. The first-order valence-electron chi connectivity index (χ1n) is 8.03. The predicted octanol–water partition coefficient (Wildman–Crippen LogP) is 5.83. The average molecular weight is 452 g/mol. The summed E-state index contributed by atoms with van der Waals surface area (Å²) in [6.45, 7) is 0.397. The smallest absolute Gasteiger partial charge is 0.216 e. The van der Waals surface area contributed by atoms with E-state index in [4.69, 9.17) is 34.8 Å². The van der Waals surface area contributed by atoms with E-state index in [2.05, 4.69) is 0 Å². The number of allylic oxidation sites excluding steroid dienone is 1. The molecule has 0 saturated carbocycles. The van der Waals surface area contributed by atoms with E-state index in [-0.39, 0.29) is 9.80 Å². The third kappa shape index (κ3) is 4.43. The van der Waals surface area contributed by atoms with Gasteiger partial charge >= 0.3 is 0 Å². The minimum atomic E-state index is -3.96. The topological polar surface area (TPSA) is 62.9 Å². The van der Waals surface area contributed by atoms with Crippen molar-refractivity contribution in [3.05, 3.63) is 92.0 Å². The first kappa shape index (κ1) is 20.5. The van der Waals surface area contributed by atoms with Crippen molar-refractivity contribution in [2.75, 3.05) is 0 Å². The second-order valence-corrected chi connectivity index (χ2v) is 9.07. The molecule has 0 bridgehead atoms. The summed E-state index contributed by atoms with van der Waals surface area (Å²) >= 11 is 18.0. The number of nitriles is 1. The lowest BCUT2D eigenvalue weighted by Crippen LogP contribution is -2.05. The van der Waals surface area contributed by atoms with Crippen molar-refractivity contribution in [1.29, 1.82) is 5.26 Å². The van der Waals surface area contributed by atoms with Crippen LogP contribution in [0.1, 0.15) is 11.3 Å². The number of nitrogens with zero attached hydrogens (tertiary/aromatic N) is 2. The quantitative estimate of drug-likeness (QED) is 0.458. The molecular formula is C20H13Cl3N2O2S. The average Bonchev–Trinajstić information content (AvgIpc) is 3.09. The Morgan fingerprint density at radius 1 is 1.04 bits per heavy atom.